The van der Waals surface area contributed by atoms with Crippen molar-refractivity contribution in [1.82, 2.24) is 14.8 Å². The number of carbonyl (C=O) groups is 1. The van der Waals surface area contributed by atoms with Gasteiger partial charge in [-0.3, -0.25) is 9.48 Å². The minimum Gasteiger partial charge on any atom is -0.396 e. The first-order valence-electron chi connectivity index (χ1n) is 5.85. The van der Waals surface area contributed by atoms with Crippen LogP contribution in [0.4, 0.5) is 5.69 Å². The number of aromatic nitrogens is 3. The fourth-order valence-corrected chi connectivity index (χ4v) is 2.59. The van der Waals surface area contributed by atoms with Crippen LogP contribution in [-0.2, 0) is 12.0 Å². The van der Waals surface area contributed by atoms with Gasteiger partial charge in [0.1, 0.15) is 5.01 Å². The minimum absolute atomic E-state index is 0.0241. The van der Waals surface area contributed by atoms with E-state index < -0.39 is 5.91 Å². The number of hydrogen-bond donors (Lipinski definition) is 2. The predicted molar refractivity (Wildman–Crippen MR) is 75.1 cm³/mol. The Morgan fingerprint density at radius 1 is 1.47 bits per heavy atom. The highest BCUT2D eigenvalue weighted by Crippen LogP contribution is 2.24. The summed E-state index contributed by atoms with van der Waals surface area (Å²) >= 11 is 1.57. The van der Waals surface area contributed by atoms with Crippen molar-refractivity contribution < 1.29 is 4.79 Å². The molecule has 19 heavy (non-hydrogen) atoms. The second-order valence-electron chi connectivity index (χ2n) is 5.37. The Balaban J connectivity index is 2.20. The Morgan fingerprint density at radius 2 is 2.16 bits per heavy atom. The summed E-state index contributed by atoms with van der Waals surface area (Å²) in [5, 5.41) is 7.02. The highest BCUT2D eigenvalue weighted by Gasteiger charge is 2.18. The van der Waals surface area contributed by atoms with Crippen LogP contribution in [-0.4, -0.2) is 20.7 Å². The van der Waals surface area contributed by atoms with Crippen molar-refractivity contribution >= 4 is 22.9 Å². The largest absolute Gasteiger partial charge is 0.396 e. The second-order valence-corrected chi connectivity index (χ2v) is 6.31. The summed E-state index contributed by atoms with van der Waals surface area (Å²) in [5.74, 6) is -0.620. The van der Waals surface area contributed by atoms with E-state index in [0.717, 1.165) is 10.7 Å². The van der Waals surface area contributed by atoms with Crippen LogP contribution in [0, 0.1) is 0 Å². The van der Waals surface area contributed by atoms with Gasteiger partial charge in [-0.1, -0.05) is 20.8 Å². The molecular weight excluding hydrogens is 262 g/mol. The lowest BCUT2D eigenvalue weighted by Gasteiger charge is -2.14. The van der Waals surface area contributed by atoms with Crippen LogP contribution < -0.4 is 11.5 Å². The summed E-state index contributed by atoms with van der Waals surface area (Å²) in [5.41, 5.74) is 12.3. The van der Waals surface area contributed by atoms with Gasteiger partial charge in [0, 0.05) is 17.0 Å². The molecule has 0 radical (unpaired) electrons. The standard InChI is InChI=1S/C12H17N5OS/c1-12(2,3)8-6-19-9(15-8)5-17-4-7(13)10(16-17)11(14)18/h4,6H,5,13H2,1-3H3,(H2,14,18). The van der Waals surface area contributed by atoms with Crippen LogP contribution in [0.1, 0.15) is 42.0 Å². The summed E-state index contributed by atoms with van der Waals surface area (Å²) in [7, 11) is 0. The van der Waals surface area contributed by atoms with Gasteiger partial charge in [0.2, 0.25) is 0 Å². The molecule has 2 aromatic heterocycles. The maximum atomic E-state index is 11.1. The van der Waals surface area contributed by atoms with Gasteiger partial charge in [0.15, 0.2) is 5.69 Å². The normalized spacial score (nSPS) is 11.7. The summed E-state index contributed by atoms with van der Waals surface area (Å²) in [6.45, 7) is 6.83. The predicted octanol–water partition coefficient (Wildman–Crippen LogP) is 1.37. The van der Waals surface area contributed by atoms with Crippen LogP contribution in [0.5, 0.6) is 0 Å². The molecule has 0 aliphatic heterocycles. The van der Waals surface area contributed by atoms with Crippen LogP contribution in [0.3, 0.4) is 0 Å². The molecule has 4 N–H and O–H groups in total. The number of thiazole rings is 1. The number of hydrogen-bond acceptors (Lipinski definition) is 5. The molecule has 0 bridgehead atoms. The van der Waals surface area contributed by atoms with E-state index >= 15 is 0 Å². The van der Waals surface area contributed by atoms with E-state index in [4.69, 9.17) is 11.5 Å². The first-order chi connectivity index (χ1) is 8.77. The van der Waals surface area contributed by atoms with Gasteiger partial charge in [-0.05, 0) is 0 Å². The molecule has 0 saturated heterocycles. The van der Waals surface area contributed by atoms with E-state index in [1.165, 1.54) is 0 Å². The van der Waals surface area contributed by atoms with E-state index in [9.17, 15) is 4.79 Å². The number of nitrogens with two attached hydrogens (primary N) is 2. The number of carbonyl (C=O) groups excluding carboxylic acids is 1. The molecular formula is C12H17N5OS. The second kappa shape index (κ2) is 4.65. The highest BCUT2D eigenvalue weighted by molar-refractivity contribution is 7.09. The van der Waals surface area contributed by atoms with E-state index in [-0.39, 0.29) is 11.1 Å². The SMILES string of the molecule is CC(C)(C)c1csc(Cn2cc(N)c(C(N)=O)n2)n1. The summed E-state index contributed by atoms with van der Waals surface area (Å²) in [6, 6.07) is 0. The molecule has 6 nitrogen and oxygen atoms in total. The van der Waals surface area contributed by atoms with Gasteiger partial charge < -0.3 is 11.5 Å². The molecule has 2 heterocycles. The molecule has 0 aromatic carbocycles. The van der Waals surface area contributed by atoms with E-state index in [1.54, 1.807) is 22.2 Å². The van der Waals surface area contributed by atoms with E-state index in [0.29, 0.717) is 12.2 Å². The third kappa shape index (κ3) is 2.93. The Labute approximate surface area is 115 Å². The van der Waals surface area contributed by atoms with Gasteiger partial charge in [-0.25, -0.2) is 4.98 Å². The Bertz CT molecular complexity index is 608. The molecule has 0 aliphatic rings. The van der Waals surface area contributed by atoms with Crippen LogP contribution in [0.15, 0.2) is 11.6 Å². The van der Waals surface area contributed by atoms with E-state index in [1.807, 2.05) is 5.38 Å². The molecule has 0 saturated carbocycles. The molecule has 0 atom stereocenters. The molecule has 0 spiro atoms. The zero-order valence-electron chi connectivity index (χ0n) is 11.2. The van der Waals surface area contributed by atoms with E-state index in [2.05, 4.69) is 30.9 Å². The topological polar surface area (TPSA) is 99.8 Å². The van der Waals surface area contributed by atoms with Crippen molar-refractivity contribution in [2.24, 2.45) is 5.73 Å². The van der Waals surface area contributed by atoms with Crippen molar-refractivity contribution in [3.05, 3.63) is 28.0 Å². The third-order valence-electron chi connectivity index (χ3n) is 2.64. The summed E-state index contributed by atoms with van der Waals surface area (Å²) < 4.78 is 1.58. The third-order valence-corrected chi connectivity index (χ3v) is 3.47. The number of primary amides is 1. The zero-order valence-corrected chi connectivity index (χ0v) is 12.0. The lowest BCUT2D eigenvalue weighted by Crippen LogP contribution is -2.14. The average molecular weight is 279 g/mol. The molecule has 7 heteroatoms. The fraction of sp³-hybridized carbons (Fsp3) is 0.417. The Kier molecular flexibility index (Phi) is 3.32. The van der Waals surface area contributed by atoms with Crippen molar-refractivity contribution in [1.29, 1.82) is 0 Å². The maximum Gasteiger partial charge on any atom is 0.271 e. The number of amides is 1. The van der Waals surface area contributed by atoms with Crippen molar-refractivity contribution in [2.45, 2.75) is 32.7 Å². The van der Waals surface area contributed by atoms with Gasteiger partial charge >= 0.3 is 0 Å². The molecule has 0 unspecified atom stereocenters. The van der Waals surface area contributed by atoms with Gasteiger partial charge in [-0.15, -0.1) is 11.3 Å². The Morgan fingerprint density at radius 3 is 2.63 bits per heavy atom. The number of rotatable bonds is 3. The molecule has 102 valence electrons. The summed E-state index contributed by atoms with van der Waals surface area (Å²) in [6.07, 6.45) is 1.60. The first kappa shape index (κ1) is 13.5. The number of nitrogen functional groups attached to an aromatic ring is 1. The number of nitrogens with zero attached hydrogens (tertiary/aromatic N) is 3. The van der Waals surface area contributed by atoms with Crippen molar-refractivity contribution in [2.75, 3.05) is 5.73 Å². The molecule has 0 aliphatic carbocycles. The lowest BCUT2D eigenvalue weighted by molar-refractivity contribution is 0.0995. The first-order valence-corrected chi connectivity index (χ1v) is 6.73. The quantitative estimate of drug-likeness (QED) is 0.886. The van der Waals surface area contributed by atoms with Crippen LogP contribution >= 0.6 is 11.3 Å². The highest BCUT2D eigenvalue weighted by atomic mass is 32.1. The smallest absolute Gasteiger partial charge is 0.271 e. The van der Waals surface area contributed by atoms with Gasteiger partial charge in [-0.2, -0.15) is 5.10 Å². The van der Waals surface area contributed by atoms with Crippen LogP contribution in [0.2, 0.25) is 0 Å². The molecule has 2 aromatic rings. The monoisotopic (exact) mass is 279 g/mol. The zero-order chi connectivity index (χ0) is 14.2. The Hall–Kier alpha value is -1.89. The fourth-order valence-electron chi connectivity index (χ4n) is 1.58. The van der Waals surface area contributed by atoms with Crippen molar-refractivity contribution in [3.63, 3.8) is 0 Å². The average Bonchev–Trinajstić information content (AvgIpc) is 2.85. The maximum absolute atomic E-state index is 11.1. The molecule has 1 amide bonds. The molecule has 2 rings (SSSR count). The van der Waals surface area contributed by atoms with Crippen molar-refractivity contribution in [3.8, 4) is 0 Å². The number of anilines is 1. The molecule has 0 fully saturated rings. The van der Waals surface area contributed by atoms with Gasteiger partial charge in [0.25, 0.3) is 5.91 Å². The summed E-state index contributed by atoms with van der Waals surface area (Å²) in [4.78, 5) is 15.6. The van der Waals surface area contributed by atoms with Crippen LogP contribution in [0.25, 0.3) is 0 Å². The lowest BCUT2D eigenvalue weighted by atomic mass is 9.93. The minimum atomic E-state index is -0.620. The van der Waals surface area contributed by atoms with Gasteiger partial charge in [0.05, 0.1) is 17.9 Å².